The van der Waals surface area contributed by atoms with Crippen molar-refractivity contribution in [3.8, 4) is 11.8 Å². The number of pyridine rings is 2. The predicted octanol–water partition coefficient (Wildman–Crippen LogP) is 4.02. The lowest BCUT2D eigenvalue weighted by Gasteiger charge is -2.10. The third kappa shape index (κ3) is 5.07. The first kappa shape index (κ1) is 23.4. The van der Waals surface area contributed by atoms with E-state index in [2.05, 4.69) is 26.3 Å². The largest absolute Gasteiger partial charge is 0.492 e. The van der Waals surface area contributed by atoms with Crippen LogP contribution >= 0.6 is 10.5 Å². The van der Waals surface area contributed by atoms with Crippen LogP contribution in [0.2, 0.25) is 0 Å². The Morgan fingerprint density at radius 2 is 2.12 bits per heavy atom. The van der Waals surface area contributed by atoms with Gasteiger partial charge in [0, 0.05) is 17.8 Å². The Kier molecular flexibility index (Phi) is 6.61. The summed E-state index contributed by atoms with van der Waals surface area (Å²) < 4.78 is 44.5. The number of hydrogen-bond donors (Lipinski definition) is 1. The van der Waals surface area contributed by atoms with Gasteiger partial charge in [0.2, 0.25) is 5.91 Å². The normalized spacial score (nSPS) is 17.2. The van der Waals surface area contributed by atoms with Gasteiger partial charge >= 0.3 is 6.18 Å². The molecule has 34 heavy (non-hydrogen) atoms. The number of benzene rings is 1. The van der Waals surface area contributed by atoms with Crippen LogP contribution in [0.5, 0.6) is 5.75 Å². The molecule has 1 unspecified atom stereocenters. The zero-order valence-corrected chi connectivity index (χ0v) is 18.7. The number of ether oxygens (including phenoxy) is 1. The summed E-state index contributed by atoms with van der Waals surface area (Å²) in [6.07, 6.45) is -1.92. The zero-order chi connectivity index (χ0) is 24.3. The number of rotatable bonds is 5. The number of nitrogens with one attached hydrogen (secondary N) is 1. The van der Waals surface area contributed by atoms with Crippen LogP contribution in [0.15, 0.2) is 47.7 Å². The summed E-state index contributed by atoms with van der Waals surface area (Å²) in [5.74, 6) is 0.403. The number of carbonyl (C=O) groups excluding carboxylic acids is 1. The summed E-state index contributed by atoms with van der Waals surface area (Å²) in [6.45, 7) is 2.10. The lowest BCUT2D eigenvalue weighted by molar-refractivity contribution is -0.137. The Labute approximate surface area is 195 Å². The highest BCUT2D eigenvalue weighted by Gasteiger charge is 2.30. The van der Waals surface area contributed by atoms with E-state index in [1.807, 2.05) is 24.4 Å². The van der Waals surface area contributed by atoms with E-state index >= 15 is 0 Å². The molecule has 1 N–H and O–H groups in total. The molecule has 1 amide bonds. The van der Waals surface area contributed by atoms with Crippen LogP contribution in [0.1, 0.15) is 29.3 Å². The fourth-order valence-electron chi connectivity index (χ4n) is 3.35. The van der Waals surface area contributed by atoms with Gasteiger partial charge in [-0.2, -0.15) is 18.4 Å². The van der Waals surface area contributed by atoms with Gasteiger partial charge in [0.25, 0.3) is 0 Å². The summed E-state index contributed by atoms with van der Waals surface area (Å²) in [5.41, 5.74) is 1.10. The Morgan fingerprint density at radius 1 is 1.29 bits per heavy atom. The van der Waals surface area contributed by atoms with Gasteiger partial charge in [-0.3, -0.25) is 19.8 Å². The molecule has 1 aliphatic rings. The smallest absolute Gasteiger partial charge is 0.416 e. The van der Waals surface area contributed by atoms with Gasteiger partial charge in [0.15, 0.2) is 5.17 Å². The van der Waals surface area contributed by atoms with E-state index in [0.29, 0.717) is 34.0 Å². The second-order valence-electron chi connectivity index (χ2n) is 7.22. The maximum atomic E-state index is 12.9. The van der Waals surface area contributed by atoms with Gasteiger partial charge in [-0.25, -0.2) is 0 Å². The quantitative estimate of drug-likeness (QED) is 0.550. The number of fused-ring (bicyclic) bond motifs is 1. The summed E-state index contributed by atoms with van der Waals surface area (Å²) in [4.78, 5) is 24.6. The standard InChI is InChI=1S/C23H18F3N5O2S/c1-2-33-21-15(9-27)10-29-19-4-3-14(7-18(19)21)12-34-13-20(32)31-22(34)30-11-17-8-16(5-6-28-17)23(24,25)26/h3-8,10,12H,2,11,13H2,1H3,(H,30,31,32). The molecular weight excluding hydrogens is 467 g/mol. The average Bonchev–Trinajstić information content (AvgIpc) is 3.16. The molecule has 0 spiro atoms. The lowest BCUT2D eigenvalue weighted by atomic mass is 10.1. The van der Waals surface area contributed by atoms with Crippen LogP contribution in [-0.2, 0) is 17.5 Å². The zero-order valence-electron chi connectivity index (χ0n) is 17.9. The number of amidine groups is 1. The van der Waals surface area contributed by atoms with Crippen LogP contribution in [0, 0.1) is 11.3 Å². The minimum Gasteiger partial charge on any atom is -0.492 e. The van der Waals surface area contributed by atoms with Gasteiger partial charge in [-0.15, -0.1) is 10.5 Å². The van der Waals surface area contributed by atoms with Crippen molar-refractivity contribution in [2.45, 2.75) is 19.6 Å². The Morgan fingerprint density at radius 3 is 2.85 bits per heavy atom. The molecule has 1 atom stereocenters. The first-order valence-electron chi connectivity index (χ1n) is 10.1. The third-order valence-electron chi connectivity index (χ3n) is 4.84. The van der Waals surface area contributed by atoms with Crippen molar-refractivity contribution in [2.75, 3.05) is 12.4 Å². The molecule has 3 aromatic rings. The molecule has 7 nitrogen and oxygen atoms in total. The molecule has 2 aromatic heterocycles. The van der Waals surface area contributed by atoms with Crippen LogP contribution in [0.3, 0.4) is 0 Å². The first-order valence-corrected chi connectivity index (χ1v) is 11.6. The van der Waals surface area contributed by atoms with Crippen molar-refractivity contribution in [2.24, 2.45) is 4.99 Å². The molecular formula is C23H18F3N5O2S. The van der Waals surface area contributed by atoms with E-state index in [0.717, 1.165) is 23.9 Å². The number of alkyl halides is 3. The Balaban J connectivity index is 1.67. The molecule has 1 saturated heterocycles. The van der Waals surface area contributed by atoms with Gasteiger partial charge in [0.1, 0.15) is 17.4 Å². The number of aliphatic imine (C=N–C) groups is 1. The summed E-state index contributed by atoms with van der Waals surface area (Å²) in [7, 11) is -0.715. The number of hydrogen-bond acceptors (Lipinski definition) is 6. The fourth-order valence-corrected chi connectivity index (χ4v) is 4.98. The Hall–Kier alpha value is -3.78. The van der Waals surface area contributed by atoms with Gasteiger partial charge in [-0.05, 0) is 42.1 Å². The Bertz CT molecular complexity index is 1380. The van der Waals surface area contributed by atoms with Crippen molar-refractivity contribution in [3.63, 3.8) is 0 Å². The van der Waals surface area contributed by atoms with Gasteiger partial charge in [0.05, 0.1) is 35.7 Å². The van der Waals surface area contributed by atoms with E-state index in [9.17, 15) is 23.2 Å². The molecule has 0 radical (unpaired) electrons. The number of aromatic nitrogens is 2. The van der Waals surface area contributed by atoms with E-state index in [1.165, 1.54) is 6.20 Å². The second kappa shape index (κ2) is 9.61. The maximum absolute atomic E-state index is 12.9. The van der Waals surface area contributed by atoms with E-state index in [1.54, 1.807) is 6.07 Å². The minimum absolute atomic E-state index is 0.0987. The summed E-state index contributed by atoms with van der Waals surface area (Å²) in [5, 5.41) is 15.0. The highest BCUT2D eigenvalue weighted by molar-refractivity contribution is 8.29. The number of carbonyl (C=O) groups is 1. The van der Waals surface area contributed by atoms with Crippen LogP contribution in [-0.4, -0.2) is 38.8 Å². The van der Waals surface area contributed by atoms with Gasteiger partial charge < -0.3 is 10.1 Å². The molecule has 0 bridgehead atoms. The highest BCUT2D eigenvalue weighted by Crippen LogP contribution is 2.31. The SMILES string of the molecule is CCOc1c(C#N)cnc2ccc(C=S3CC(=O)NC3=NCc3cc(C(F)(F)F)ccn3)cc12. The van der Waals surface area contributed by atoms with E-state index < -0.39 is 22.2 Å². The summed E-state index contributed by atoms with van der Waals surface area (Å²) in [6, 6.07) is 9.38. The van der Waals surface area contributed by atoms with Crippen LogP contribution in [0.25, 0.3) is 10.9 Å². The molecule has 4 rings (SSSR count). The van der Waals surface area contributed by atoms with Crippen molar-refractivity contribution >= 4 is 37.8 Å². The van der Waals surface area contributed by atoms with Crippen molar-refractivity contribution in [3.05, 3.63) is 65.1 Å². The van der Waals surface area contributed by atoms with E-state index in [-0.39, 0.29) is 23.9 Å². The van der Waals surface area contributed by atoms with Crippen LogP contribution in [0.4, 0.5) is 13.2 Å². The molecule has 0 saturated carbocycles. The number of amides is 1. The average molecular weight is 485 g/mol. The predicted molar refractivity (Wildman–Crippen MR) is 124 cm³/mol. The lowest BCUT2D eigenvalue weighted by Crippen LogP contribution is -2.20. The molecule has 1 aliphatic heterocycles. The molecule has 3 heterocycles. The van der Waals surface area contributed by atoms with Crippen molar-refractivity contribution in [1.29, 1.82) is 5.26 Å². The summed E-state index contributed by atoms with van der Waals surface area (Å²) >= 11 is 0. The number of halogens is 3. The van der Waals surface area contributed by atoms with Crippen LogP contribution < -0.4 is 10.1 Å². The highest BCUT2D eigenvalue weighted by atomic mass is 32.2. The molecule has 1 fully saturated rings. The topological polar surface area (TPSA) is 100 Å². The van der Waals surface area contributed by atoms with Crippen molar-refractivity contribution in [1.82, 2.24) is 15.3 Å². The monoisotopic (exact) mass is 485 g/mol. The second-order valence-corrected chi connectivity index (χ2v) is 8.99. The minimum atomic E-state index is -4.47. The first-order chi connectivity index (χ1) is 16.3. The molecule has 1 aromatic carbocycles. The number of nitriles is 1. The number of nitrogens with zero attached hydrogens (tertiary/aromatic N) is 4. The molecule has 174 valence electrons. The molecule has 11 heteroatoms. The molecule has 0 aliphatic carbocycles. The third-order valence-corrected chi connectivity index (χ3v) is 6.70. The fraction of sp³-hybridized carbons (Fsp3) is 0.217. The maximum Gasteiger partial charge on any atom is 0.416 e. The van der Waals surface area contributed by atoms with Gasteiger partial charge in [-0.1, -0.05) is 6.07 Å². The van der Waals surface area contributed by atoms with E-state index in [4.69, 9.17) is 4.74 Å². The van der Waals surface area contributed by atoms with Crippen molar-refractivity contribution < 1.29 is 22.7 Å².